The van der Waals surface area contributed by atoms with Gasteiger partial charge in [-0.25, -0.2) is 0 Å². The van der Waals surface area contributed by atoms with Gasteiger partial charge in [0.25, 0.3) is 11.7 Å². The molecule has 1 fully saturated rings. The lowest BCUT2D eigenvalue weighted by Crippen LogP contribution is -2.30. The van der Waals surface area contributed by atoms with Gasteiger partial charge in [0.15, 0.2) is 0 Å². The molecule has 1 heterocycles. The van der Waals surface area contributed by atoms with E-state index < -0.39 is 17.7 Å². The van der Waals surface area contributed by atoms with Gasteiger partial charge in [-0.15, -0.1) is 0 Å². The second-order valence-electron chi connectivity index (χ2n) is 11.0. The molecule has 3 rings (SSSR count). The van der Waals surface area contributed by atoms with Gasteiger partial charge in [-0.3, -0.25) is 9.59 Å². The molecule has 2 aromatic carbocycles. The highest BCUT2D eigenvalue weighted by Gasteiger charge is 2.45. The van der Waals surface area contributed by atoms with Crippen LogP contribution in [-0.2, 0) is 9.59 Å². The van der Waals surface area contributed by atoms with E-state index in [4.69, 9.17) is 11.6 Å². The van der Waals surface area contributed by atoms with Crippen molar-refractivity contribution in [2.45, 2.75) is 110 Å². The molecule has 0 unspecified atom stereocenters. The lowest BCUT2D eigenvalue weighted by Gasteiger charge is -2.25. The fourth-order valence-corrected chi connectivity index (χ4v) is 5.57. The first-order valence-electron chi connectivity index (χ1n) is 15.0. The highest BCUT2D eigenvalue weighted by Crippen LogP contribution is 2.40. The fourth-order valence-electron chi connectivity index (χ4n) is 5.45. The van der Waals surface area contributed by atoms with Crippen LogP contribution < -0.4 is 0 Å². The average Bonchev–Trinajstić information content (AvgIpc) is 3.18. The molecule has 2 aromatic rings. The van der Waals surface area contributed by atoms with Gasteiger partial charge in [0.1, 0.15) is 5.76 Å². The van der Waals surface area contributed by atoms with Crippen LogP contribution in [0.25, 0.3) is 5.76 Å². The second-order valence-corrected chi connectivity index (χ2v) is 11.4. The van der Waals surface area contributed by atoms with Crippen LogP contribution in [-0.4, -0.2) is 28.2 Å². The number of unbranched alkanes of at least 4 members (excludes halogenated alkanes) is 13. The number of nitrogens with zero attached hydrogens (tertiary/aromatic N) is 1. The number of rotatable bonds is 17. The van der Waals surface area contributed by atoms with Crippen molar-refractivity contribution in [1.82, 2.24) is 4.90 Å². The van der Waals surface area contributed by atoms with Gasteiger partial charge in [0.05, 0.1) is 11.6 Å². The van der Waals surface area contributed by atoms with Crippen LogP contribution >= 0.6 is 11.6 Å². The lowest BCUT2D eigenvalue weighted by atomic mass is 9.95. The number of likely N-dealkylation sites (tertiary alicyclic amines) is 1. The summed E-state index contributed by atoms with van der Waals surface area (Å²) in [6, 6.07) is 13.9. The molecule has 1 N–H and O–H groups in total. The smallest absolute Gasteiger partial charge is 0.295 e. The third kappa shape index (κ3) is 9.24. The van der Waals surface area contributed by atoms with Crippen molar-refractivity contribution in [2.75, 3.05) is 6.54 Å². The van der Waals surface area contributed by atoms with Crippen molar-refractivity contribution in [1.29, 1.82) is 0 Å². The third-order valence-corrected chi connectivity index (χ3v) is 8.06. The number of carbonyl (C=O) groups excluding carboxylic acids is 2. The highest BCUT2D eigenvalue weighted by molar-refractivity contribution is 6.46. The molecule has 1 aliphatic heterocycles. The highest BCUT2D eigenvalue weighted by atomic mass is 35.5. The Kier molecular flexibility index (Phi) is 13.1. The summed E-state index contributed by atoms with van der Waals surface area (Å²) < 4.78 is 0. The quantitative estimate of drug-likeness (QED) is 0.0921. The maximum absolute atomic E-state index is 13.2. The van der Waals surface area contributed by atoms with E-state index in [1.54, 1.807) is 29.2 Å². The molecule has 0 aromatic heterocycles. The van der Waals surface area contributed by atoms with E-state index in [1.807, 2.05) is 31.2 Å². The number of Topliss-reactive ketones (excluding diaryl/α,β-unsaturated/α-hetero) is 1. The van der Waals surface area contributed by atoms with Gasteiger partial charge in [0.2, 0.25) is 0 Å². The fraction of sp³-hybridized carbons (Fsp3) is 0.529. The van der Waals surface area contributed by atoms with Crippen LogP contribution in [0.1, 0.15) is 120 Å². The molecule has 0 spiro atoms. The number of ketones is 1. The molecule has 5 heteroatoms. The Balaban J connectivity index is 1.52. The summed E-state index contributed by atoms with van der Waals surface area (Å²) in [5.41, 5.74) is 2.52. The van der Waals surface area contributed by atoms with Crippen molar-refractivity contribution in [2.24, 2.45) is 0 Å². The van der Waals surface area contributed by atoms with Crippen molar-refractivity contribution in [3.8, 4) is 0 Å². The van der Waals surface area contributed by atoms with E-state index in [0.29, 0.717) is 17.1 Å². The zero-order valence-electron chi connectivity index (χ0n) is 23.9. The van der Waals surface area contributed by atoms with Gasteiger partial charge in [0, 0.05) is 17.1 Å². The SMILES string of the molecule is CCCCCCCCCCCCCCCCN1C(=O)C(=O)/C(=C(/O)c2ccc(C)cc2)[C@H]1c1ccc(Cl)cc1. The zero-order valence-corrected chi connectivity index (χ0v) is 24.6. The molecule has 1 saturated heterocycles. The van der Waals surface area contributed by atoms with E-state index in [1.165, 1.54) is 70.6 Å². The van der Waals surface area contributed by atoms with E-state index in [-0.39, 0.29) is 11.3 Å². The molecule has 1 amide bonds. The van der Waals surface area contributed by atoms with Gasteiger partial charge in [-0.2, -0.15) is 0 Å². The number of halogens is 1. The van der Waals surface area contributed by atoms with E-state index >= 15 is 0 Å². The second kappa shape index (κ2) is 16.5. The Morgan fingerprint density at radius 1 is 0.744 bits per heavy atom. The predicted octanol–water partition coefficient (Wildman–Crippen LogP) is 9.55. The normalized spacial score (nSPS) is 16.8. The third-order valence-electron chi connectivity index (χ3n) is 7.80. The minimum atomic E-state index is -0.626. The van der Waals surface area contributed by atoms with Gasteiger partial charge in [-0.05, 0) is 31.0 Å². The first-order chi connectivity index (χ1) is 18.9. The number of aryl methyl sites for hydroxylation is 1. The largest absolute Gasteiger partial charge is 0.507 e. The number of amides is 1. The topological polar surface area (TPSA) is 57.6 Å². The molecule has 0 saturated carbocycles. The number of benzene rings is 2. The molecule has 0 aliphatic carbocycles. The summed E-state index contributed by atoms with van der Waals surface area (Å²) in [6.45, 7) is 4.71. The summed E-state index contributed by atoms with van der Waals surface area (Å²) >= 11 is 6.12. The van der Waals surface area contributed by atoms with E-state index in [2.05, 4.69) is 6.92 Å². The molecule has 1 atom stereocenters. The molecule has 39 heavy (non-hydrogen) atoms. The summed E-state index contributed by atoms with van der Waals surface area (Å²) in [5.74, 6) is -1.30. The van der Waals surface area contributed by atoms with Crippen LogP contribution in [0.5, 0.6) is 0 Å². The Hall–Kier alpha value is -2.59. The average molecular weight is 552 g/mol. The lowest BCUT2D eigenvalue weighted by molar-refractivity contribution is -0.139. The Morgan fingerprint density at radius 2 is 1.23 bits per heavy atom. The summed E-state index contributed by atoms with van der Waals surface area (Å²) in [6.07, 6.45) is 17.7. The Labute approximate surface area is 240 Å². The van der Waals surface area contributed by atoms with E-state index in [9.17, 15) is 14.7 Å². The van der Waals surface area contributed by atoms with Crippen molar-refractivity contribution in [3.05, 3.63) is 75.8 Å². The van der Waals surface area contributed by atoms with Gasteiger partial charge in [-0.1, -0.05) is 144 Å². The van der Waals surface area contributed by atoms with Crippen LogP contribution in [0.15, 0.2) is 54.1 Å². The van der Waals surface area contributed by atoms with Crippen LogP contribution in [0.3, 0.4) is 0 Å². The first kappa shape index (κ1) is 30.9. The predicted molar refractivity (Wildman–Crippen MR) is 162 cm³/mol. The maximum atomic E-state index is 13.2. The molecule has 0 radical (unpaired) electrons. The number of aliphatic hydroxyl groups excluding tert-OH is 1. The minimum Gasteiger partial charge on any atom is -0.507 e. The molecular formula is C34H46ClNO3. The molecule has 4 nitrogen and oxygen atoms in total. The standard InChI is InChI=1S/C34H46ClNO3/c1-3-4-5-6-7-8-9-10-11-12-13-14-15-16-25-36-31(27-21-23-29(35)24-22-27)30(33(38)34(36)39)32(37)28-19-17-26(2)18-20-28/h17-24,31,37H,3-16,25H2,1-2H3/b32-30+/t31-/m1/s1. The first-order valence-corrected chi connectivity index (χ1v) is 15.4. The van der Waals surface area contributed by atoms with Gasteiger partial charge < -0.3 is 10.0 Å². The van der Waals surface area contributed by atoms with E-state index in [0.717, 1.165) is 30.4 Å². The number of hydrogen-bond donors (Lipinski definition) is 1. The Bertz CT molecular complexity index is 1070. The molecular weight excluding hydrogens is 506 g/mol. The number of carbonyl (C=O) groups is 2. The minimum absolute atomic E-state index is 0.128. The Morgan fingerprint density at radius 3 is 1.74 bits per heavy atom. The van der Waals surface area contributed by atoms with Crippen LogP contribution in [0.2, 0.25) is 5.02 Å². The van der Waals surface area contributed by atoms with Gasteiger partial charge >= 0.3 is 0 Å². The van der Waals surface area contributed by atoms with Crippen molar-refractivity contribution in [3.63, 3.8) is 0 Å². The van der Waals surface area contributed by atoms with Crippen molar-refractivity contribution < 1.29 is 14.7 Å². The molecule has 0 bridgehead atoms. The molecule has 1 aliphatic rings. The number of hydrogen-bond acceptors (Lipinski definition) is 3. The van der Waals surface area contributed by atoms with Crippen molar-refractivity contribution >= 4 is 29.1 Å². The monoisotopic (exact) mass is 551 g/mol. The number of aliphatic hydroxyl groups is 1. The summed E-state index contributed by atoms with van der Waals surface area (Å²) in [4.78, 5) is 27.9. The summed E-state index contributed by atoms with van der Waals surface area (Å²) in [5, 5.41) is 11.7. The zero-order chi connectivity index (χ0) is 28.0. The summed E-state index contributed by atoms with van der Waals surface area (Å²) in [7, 11) is 0. The van der Waals surface area contributed by atoms with Crippen LogP contribution in [0, 0.1) is 6.92 Å². The molecule has 212 valence electrons. The van der Waals surface area contributed by atoms with Crippen LogP contribution in [0.4, 0.5) is 0 Å². The maximum Gasteiger partial charge on any atom is 0.295 e.